The van der Waals surface area contributed by atoms with Gasteiger partial charge in [-0.15, -0.1) is 0 Å². The lowest BCUT2D eigenvalue weighted by atomic mass is 10.0. The second-order valence-electron chi connectivity index (χ2n) is 10.7. The zero-order valence-corrected chi connectivity index (χ0v) is 24.3. The van der Waals surface area contributed by atoms with Crippen molar-refractivity contribution in [1.29, 1.82) is 5.26 Å². The molecule has 0 aliphatic rings. The summed E-state index contributed by atoms with van der Waals surface area (Å²) in [5.41, 5.74) is 11.2. The Kier molecular flexibility index (Phi) is 8.29. The van der Waals surface area contributed by atoms with Gasteiger partial charge in [-0.1, -0.05) is 97.1 Å². The van der Waals surface area contributed by atoms with Crippen molar-refractivity contribution in [1.82, 2.24) is 0 Å². The number of hydrogen-bond acceptors (Lipinski definition) is 3. The van der Waals surface area contributed by atoms with E-state index in [1.807, 2.05) is 36.4 Å². The van der Waals surface area contributed by atoms with Gasteiger partial charge in [0.25, 0.3) is 0 Å². The first-order chi connectivity index (χ1) is 21.2. The zero-order valence-electron chi connectivity index (χ0n) is 24.3. The summed E-state index contributed by atoms with van der Waals surface area (Å²) < 4.78 is 0. The Morgan fingerprint density at radius 1 is 0.465 bits per heavy atom. The molecule has 0 aliphatic heterocycles. The second kappa shape index (κ2) is 12.9. The molecule has 6 rings (SSSR count). The minimum Gasteiger partial charge on any atom is -0.374 e. The lowest BCUT2D eigenvalue weighted by molar-refractivity contribution is 0.876. The summed E-state index contributed by atoms with van der Waals surface area (Å²) >= 11 is 0. The minimum atomic E-state index is 0.696. The van der Waals surface area contributed by atoms with E-state index in [-0.39, 0.29) is 0 Å². The molecule has 0 amide bonds. The number of nitrogens with zero attached hydrogens (tertiary/aromatic N) is 3. The second-order valence-corrected chi connectivity index (χ2v) is 10.7. The average Bonchev–Trinajstić information content (AvgIpc) is 3.09. The lowest BCUT2D eigenvalue weighted by Crippen LogP contribution is -2.20. The van der Waals surface area contributed by atoms with Crippen LogP contribution < -0.4 is 9.80 Å². The van der Waals surface area contributed by atoms with Crippen LogP contribution in [-0.4, -0.2) is 13.6 Å². The van der Waals surface area contributed by atoms with E-state index in [4.69, 9.17) is 5.26 Å². The molecule has 0 saturated carbocycles. The molecular formula is C40H33N3. The summed E-state index contributed by atoms with van der Waals surface area (Å²) in [6.07, 6.45) is 0.914. The monoisotopic (exact) mass is 555 g/mol. The maximum Gasteiger partial charge on any atom is 0.0991 e. The van der Waals surface area contributed by atoms with Gasteiger partial charge in [-0.3, -0.25) is 0 Å². The number of anilines is 4. The topological polar surface area (TPSA) is 30.3 Å². The van der Waals surface area contributed by atoms with Crippen LogP contribution in [0.3, 0.4) is 0 Å². The normalized spacial score (nSPS) is 10.6. The van der Waals surface area contributed by atoms with Crippen LogP contribution in [0.1, 0.15) is 11.1 Å². The zero-order chi connectivity index (χ0) is 29.4. The molecule has 6 aromatic carbocycles. The van der Waals surface area contributed by atoms with Crippen molar-refractivity contribution in [2.24, 2.45) is 0 Å². The molecule has 0 saturated heterocycles. The first kappa shape index (κ1) is 27.6. The van der Waals surface area contributed by atoms with E-state index in [9.17, 15) is 0 Å². The molecule has 0 spiro atoms. The van der Waals surface area contributed by atoms with Crippen LogP contribution in [0.15, 0.2) is 158 Å². The minimum absolute atomic E-state index is 0.696. The molecule has 3 heteroatoms. The predicted octanol–water partition coefficient (Wildman–Crippen LogP) is 10.0. The van der Waals surface area contributed by atoms with Crippen molar-refractivity contribution in [3.8, 4) is 28.3 Å². The Bertz CT molecular complexity index is 1700. The highest BCUT2D eigenvalue weighted by atomic mass is 15.1. The molecule has 0 aromatic heterocycles. The van der Waals surface area contributed by atoms with E-state index in [0.717, 1.165) is 35.7 Å². The van der Waals surface area contributed by atoms with Crippen LogP contribution in [0.5, 0.6) is 0 Å². The first-order valence-corrected chi connectivity index (χ1v) is 14.6. The number of nitriles is 1. The third-order valence-corrected chi connectivity index (χ3v) is 7.83. The molecule has 208 valence electrons. The molecule has 0 N–H and O–H groups in total. The number of likely N-dealkylation sites (N-methyl/N-ethyl adjacent to an activating group) is 1. The highest BCUT2D eigenvalue weighted by molar-refractivity contribution is 5.80. The van der Waals surface area contributed by atoms with Gasteiger partial charge in [0.2, 0.25) is 0 Å². The molecule has 0 heterocycles. The van der Waals surface area contributed by atoms with Crippen molar-refractivity contribution in [2.75, 3.05) is 23.4 Å². The highest BCUT2D eigenvalue weighted by Gasteiger charge is 2.14. The maximum atomic E-state index is 9.06. The van der Waals surface area contributed by atoms with Gasteiger partial charge in [-0.25, -0.2) is 0 Å². The number of benzene rings is 6. The van der Waals surface area contributed by atoms with Gasteiger partial charge < -0.3 is 9.80 Å². The third kappa shape index (κ3) is 6.50. The molecular weight excluding hydrogens is 522 g/mol. The lowest BCUT2D eigenvalue weighted by Gasteiger charge is -2.27. The molecule has 0 bridgehead atoms. The van der Waals surface area contributed by atoms with Crippen molar-refractivity contribution < 1.29 is 0 Å². The van der Waals surface area contributed by atoms with Gasteiger partial charge in [-0.05, 0) is 94.9 Å². The Morgan fingerprint density at radius 2 is 0.860 bits per heavy atom. The van der Waals surface area contributed by atoms with Crippen molar-refractivity contribution in [3.05, 3.63) is 169 Å². The van der Waals surface area contributed by atoms with Crippen LogP contribution in [0.4, 0.5) is 22.7 Å². The molecule has 0 radical (unpaired) electrons. The highest BCUT2D eigenvalue weighted by Crippen LogP contribution is 2.37. The Hall–Kier alpha value is -5.59. The summed E-state index contributed by atoms with van der Waals surface area (Å²) in [6.45, 7) is 0.886. The molecule has 0 aliphatic carbocycles. The molecule has 6 aromatic rings. The van der Waals surface area contributed by atoms with Crippen molar-refractivity contribution in [2.45, 2.75) is 6.42 Å². The van der Waals surface area contributed by atoms with E-state index in [2.05, 4.69) is 144 Å². The summed E-state index contributed by atoms with van der Waals surface area (Å²) in [6, 6.07) is 57.4. The molecule has 0 atom stereocenters. The molecule has 0 unspecified atom stereocenters. The molecule has 43 heavy (non-hydrogen) atoms. The standard InChI is InChI=1S/C40H33N3/c1-42(29-28-31-12-14-32(30-41)15-13-31)37-24-26-40(27-25-37)43(38-20-16-35(17-21-38)33-8-4-2-5-9-33)39-22-18-36(19-23-39)34-10-6-3-7-11-34/h2-27H,28-29H2,1H3. The van der Waals surface area contributed by atoms with E-state index in [0.29, 0.717) is 5.56 Å². The summed E-state index contributed by atoms with van der Waals surface area (Å²) in [4.78, 5) is 4.58. The number of rotatable bonds is 9. The van der Waals surface area contributed by atoms with Gasteiger partial charge in [0, 0.05) is 36.3 Å². The summed E-state index contributed by atoms with van der Waals surface area (Å²) in [7, 11) is 2.13. The SMILES string of the molecule is CN(CCc1ccc(C#N)cc1)c1ccc(N(c2ccc(-c3ccccc3)cc2)c2ccc(-c3ccccc3)cc2)cc1. The van der Waals surface area contributed by atoms with Crippen LogP contribution >= 0.6 is 0 Å². The van der Waals surface area contributed by atoms with Crippen LogP contribution in [0.2, 0.25) is 0 Å². The third-order valence-electron chi connectivity index (χ3n) is 7.83. The fourth-order valence-electron chi connectivity index (χ4n) is 5.34. The summed E-state index contributed by atoms with van der Waals surface area (Å²) in [5.74, 6) is 0. The van der Waals surface area contributed by atoms with Gasteiger partial charge in [0.05, 0.1) is 11.6 Å². The fourth-order valence-corrected chi connectivity index (χ4v) is 5.34. The van der Waals surface area contributed by atoms with Gasteiger partial charge >= 0.3 is 0 Å². The van der Waals surface area contributed by atoms with Crippen LogP contribution in [-0.2, 0) is 6.42 Å². The Morgan fingerprint density at radius 3 is 1.30 bits per heavy atom. The van der Waals surface area contributed by atoms with Crippen molar-refractivity contribution in [3.63, 3.8) is 0 Å². The van der Waals surface area contributed by atoms with E-state index in [1.54, 1.807) is 0 Å². The van der Waals surface area contributed by atoms with Gasteiger partial charge in [-0.2, -0.15) is 5.26 Å². The Balaban J connectivity index is 1.27. The largest absolute Gasteiger partial charge is 0.374 e. The van der Waals surface area contributed by atoms with Crippen LogP contribution in [0.25, 0.3) is 22.3 Å². The van der Waals surface area contributed by atoms with E-state index >= 15 is 0 Å². The van der Waals surface area contributed by atoms with Crippen LogP contribution in [0, 0.1) is 11.3 Å². The maximum absolute atomic E-state index is 9.06. The van der Waals surface area contributed by atoms with E-state index in [1.165, 1.54) is 27.8 Å². The number of hydrogen-bond donors (Lipinski definition) is 0. The summed E-state index contributed by atoms with van der Waals surface area (Å²) in [5, 5.41) is 9.06. The first-order valence-electron chi connectivity index (χ1n) is 14.6. The molecule has 3 nitrogen and oxygen atoms in total. The van der Waals surface area contributed by atoms with Crippen molar-refractivity contribution >= 4 is 22.7 Å². The average molecular weight is 556 g/mol. The quantitative estimate of drug-likeness (QED) is 0.178. The smallest absolute Gasteiger partial charge is 0.0991 e. The molecule has 0 fully saturated rings. The fraction of sp³-hybridized carbons (Fsp3) is 0.0750. The predicted molar refractivity (Wildman–Crippen MR) is 180 cm³/mol. The van der Waals surface area contributed by atoms with Gasteiger partial charge in [0.1, 0.15) is 0 Å². The Labute approximate surface area is 254 Å². The van der Waals surface area contributed by atoms with Gasteiger partial charge in [0.15, 0.2) is 0 Å². The van der Waals surface area contributed by atoms with E-state index < -0.39 is 0 Å².